The number of aliphatic hydroxyl groups is 1. The maximum Gasteiger partial charge on any atom is 0.338 e. The van der Waals surface area contributed by atoms with Crippen molar-refractivity contribution < 1.29 is 23.1 Å². The Bertz CT molecular complexity index is 1590. The van der Waals surface area contributed by atoms with Crippen molar-refractivity contribution in [2.75, 3.05) is 17.5 Å². The van der Waals surface area contributed by atoms with Gasteiger partial charge in [-0.3, -0.25) is 4.31 Å². The minimum atomic E-state index is -3.97. The van der Waals surface area contributed by atoms with Crippen molar-refractivity contribution in [3.8, 4) is 6.07 Å². The monoisotopic (exact) mass is 530 g/mol. The van der Waals surface area contributed by atoms with Gasteiger partial charge in [-0.05, 0) is 48.9 Å². The molecule has 0 radical (unpaired) electrons. The van der Waals surface area contributed by atoms with E-state index in [0.29, 0.717) is 23.1 Å². The Balaban J connectivity index is 1.54. The van der Waals surface area contributed by atoms with E-state index < -0.39 is 28.4 Å². The van der Waals surface area contributed by atoms with Crippen molar-refractivity contribution in [1.29, 1.82) is 5.26 Å². The molecule has 0 amide bonds. The fourth-order valence-electron chi connectivity index (χ4n) is 3.81. The van der Waals surface area contributed by atoms with Crippen LogP contribution in [0.25, 0.3) is 16.6 Å². The first-order valence-corrected chi connectivity index (χ1v) is 13.4. The molecule has 0 atom stereocenters. The summed E-state index contributed by atoms with van der Waals surface area (Å²) in [4.78, 5) is 19.9. The van der Waals surface area contributed by atoms with E-state index in [4.69, 9.17) is 4.74 Å². The van der Waals surface area contributed by atoms with Gasteiger partial charge < -0.3 is 14.8 Å². The van der Waals surface area contributed by atoms with Crippen molar-refractivity contribution in [2.24, 2.45) is 0 Å². The van der Waals surface area contributed by atoms with Crippen LogP contribution in [0.2, 0.25) is 0 Å². The van der Waals surface area contributed by atoms with Gasteiger partial charge in [-0.1, -0.05) is 49.7 Å². The largest absolute Gasteiger partial charge is 0.507 e. The number of sulfonamides is 1. The summed E-state index contributed by atoms with van der Waals surface area (Å²) in [5.74, 6) is -1.20. The van der Waals surface area contributed by atoms with Crippen LogP contribution in [0, 0.1) is 11.3 Å². The highest BCUT2D eigenvalue weighted by molar-refractivity contribution is 7.92. The van der Waals surface area contributed by atoms with Crippen LogP contribution in [-0.2, 0) is 14.8 Å². The number of aliphatic hydroxyl groups excluding tert-OH is 1. The Kier molecular flexibility index (Phi) is 8.09. The van der Waals surface area contributed by atoms with Crippen molar-refractivity contribution >= 4 is 38.3 Å². The number of benzene rings is 3. The fourth-order valence-corrected chi connectivity index (χ4v) is 5.36. The summed E-state index contributed by atoms with van der Waals surface area (Å²) in [5, 5.41) is 20.0. The number of para-hydroxylation sites is 3. The zero-order valence-electron chi connectivity index (χ0n) is 20.7. The van der Waals surface area contributed by atoms with E-state index in [1.54, 1.807) is 54.6 Å². The second-order valence-electron chi connectivity index (χ2n) is 8.41. The molecule has 4 aromatic rings. The number of carbonyl (C=O) groups is 1. The average molecular weight is 531 g/mol. The van der Waals surface area contributed by atoms with Gasteiger partial charge in [-0.2, -0.15) is 5.26 Å². The second-order valence-corrected chi connectivity index (χ2v) is 10.3. The number of fused-ring (bicyclic) bond motifs is 1. The number of hydrogen-bond donors (Lipinski definition) is 2. The molecular weight excluding hydrogens is 504 g/mol. The number of imidazole rings is 1. The Labute approximate surface area is 220 Å². The molecule has 0 aliphatic carbocycles. The summed E-state index contributed by atoms with van der Waals surface area (Å²) < 4.78 is 33.6. The van der Waals surface area contributed by atoms with Gasteiger partial charge >= 0.3 is 5.97 Å². The third-order valence-electron chi connectivity index (χ3n) is 5.78. The molecule has 0 bridgehead atoms. The lowest BCUT2D eigenvalue weighted by Crippen LogP contribution is -2.32. The third-order valence-corrected chi connectivity index (χ3v) is 7.61. The predicted octanol–water partition coefficient (Wildman–Crippen LogP) is 5.21. The number of nitrogens with one attached hydrogen (secondary N) is 1. The third kappa shape index (κ3) is 5.68. The van der Waals surface area contributed by atoms with Crippen LogP contribution < -0.4 is 4.31 Å². The summed E-state index contributed by atoms with van der Waals surface area (Å²) in [6.45, 7) is 1.67. The highest BCUT2D eigenvalue weighted by Gasteiger charge is 2.26. The predicted molar refractivity (Wildman–Crippen MR) is 144 cm³/mol. The van der Waals surface area contributed by atoms with E-state index in [1.165, 1.54) is 28.6 Å². The van der Waals surface area contributed by atoms with E-state index in [2.05, 4.69) is 9.97 Å². The van der Waals surface area contributed by atoms with Gasteiger partial charge in [0.25, 0.3) is 10.0 Å². The van der Waals surface area contributed by atoms with Crippen molar-refractivity contribution in [3.05, 3.63) is 96.0 Å². The molecule has 194 valence electrons. The average Bonchev–Trinajstić information content (AvgIpc) is 3.36. The van der Waals surface area contributed by atoms with E-state index >= 15 is 0 Å². The van der Waals surface area contributed by atoms with Crippen LogP contribution >= 0.6 is 0 Å². The molecule has 9 nitrogen and oxygen atoms in total. The maximum atomic E-state index is 13.5. The summed E-state index contributed by atoms with van der Waals surface area (Å²) in [5.41, 5.74) is 1.64. The number of carbonyl (C=O) groups excluding carboxylic acids is 1. The van der Waals surface area contributed by atoms with Gasteiger partial charge in [-0.25, -0.2) is 18.2 Å². The summed E-state index contributed by atoms with van der Waals surface area (Å²) in [6, 6.07) is 23.3. The van der Waals surface area contributed by atoms with Crippen molar-refractivity contribution in [2.45, 2.75) is 24.7 Å². The first kappa shape index (κ1) is 26.4. The molecule has 0 unspecified atom stereocenters. The minimum Gasteiger partial charge on any atom is -0.507 e. The number of nitrogens with zero attached hydrogens (tertiary/aromatic N) is 3. The quantitative estimate of drug-likeness (QED) is 0.163. The summed E-state index contributed by atoms with van der Waals surface area (Å²) in [7, 11) is -3.97. The number of aromatic amines is 1. The Morgan fingerprint density at radius 1 is 1.08 bits per heavy atom. The SMILES string of the molecule is CCCCN(c1ccccc1)S(=O)(=O)c1cccc(C(=O)OCC(O)=C(C#N)c2nc3ccccc3[nH]2)c1. The van der Waals surface area contributed by atoms with E-state index in [1.807, 2.05) is 13.0 Å². The van der Waals surface area contributed by atoms with Crippen LogP contribution in [0.4, 0.5) is 5.69 Å². The molecule has 1 heterocycles. The first-order valence-electron chi connectivity index (χ1n) is 12.0. The number of anilines is 1. The molecular formula is C28H26N4O5S. The summed E-state index contributed by atoms with van der Waals surface area (Å²) >= 11 is 0. The number of allylic oxidation sites excluding steroid dienone is 1. The molecule has 0 aliphatic heterocycles. The van der Waals surface area contributed by atoms with Gasteiger partial charge in [0, 0.05) is 6.54 Å². The van der Waals surface area contributed by atoms with E-state index in [-0.39, 0.29) is 28.4 Å². The van der Waals surface area contributed by atoms with Crippen LogP contribution in [0.5, 0.6) is 0 Å². The fraction of sp³-hybridized carbons (Fsp3) is 0.179. The molecule has 2 N–H and O–H groups in total. The second kappa shape index (κ2) is 11.6. The van der Waals surface area contributed by atoms with Crippen LogP contribution in [0.15, 0.2) is 89.5 Å². The highest BCUT2D eigenvalue weighted by Crippen LogP contribution is 2.25. The zero-order chi connectivity index (χ0) is 27.1. The Hall–Kier alpha value is -4.62. The number of unbranched alkanes of at least 4 members (excludes halogenated alkanes) is 1. The first-order chi connectivity index (χ1) is 18.3. The zero-order valence-corrected chi connectivity index (χ0v) is 21.5. The Morgan fingerprint density at radius 2 is 1.82 bits per heavy atom. The smallest absolute Gasteiger partial charge is 0.338 e. The number of hydrogen-bond acceptors (Lipinski definition) is 7. The molecule has 10 heteroatoms. The molecule has 3 aromatic carbocycles. The number of nitriles is 1. The molecule has 4 rings (SSSR count). The number of ether oxygens (including phenoxy) is 1. The molecule has 0 fully saturated rings. The van der Waals surface area contributed by atoms with Gasteiger partial charge in [-0.15, -0.1) is 0 Å². The number of esters is 1. The van der Waals surface area contributed by atoms with Crippen molar-refractivity contribution in [3.63, 3.8) is 0 Å². The van der Waals surface area contributed by atoms with Gasteiger partial charge in [0.05, 0.1) is 27.2 Å². The molecule has 0 saturated heterocycles. The molecule has 1 aromatic heterocycles. The minimum absolute atomic E-state index is 0.00961. The van der Waals surface area contributed by atoms with Gasteiger partial charge in [0.1, 0.15) is 18.2 Å². The van der Waals surface area contributed by atoms with E-state index in [0.717, 1.165) is 6.42 Å². The van der Waals surface area contributed by atoms with Crippen molar-refractivity contribution in [1.82, 2.24) is 9.97 Å². The lowest BCUT2D eigenvalue weighted by Gasteiger charge is -2.24. The normalized spacial score (nSPS) is 12.0. The number of aromatic nitrogens is 2. The maximum absolute atomic E-state index is 13.5. The van der Waals surface area contributed by atoms with Crippen LogP contribution in [0.1, 0.15) is 35.9 Å². The van der Waals surface area contributed by atoms with Crippen LogP contribution in [-0.4, -0.2) is 42.6 Å². The highest BCUT2D eigenvalue weighted by atomic mass is 32.2. The Morgan fingerprint density at radius 3 is 2.53 bits per heavy atom. The van der Waals surface area contributed by atoms with Crippen LogP contribution in [0.3, 0.4) is 0 Å². The lowest BCUT2D eigenvalue weighted by molar-refractivity contribution is 0.0502. The number of H-pyrrole nitrogens is 1. The van der Waals surface area contributed by atoms with E-state index in [9.17, 15) is 23.6 Å². The molecule has 38 heavy (non-hydrogen) atoms. The lowest BCUT2D eigenvalue weighted by atomic mass is 10.2. The van der Waals surface area contributed by atoms with Gasteiger partial charge in [0.15, 0.2) is 11.6 Å². The molecule has 0 spiro atoms. The number of rotatable bonds is 10. The molecule has 0 saturated carbocycles. The van der Waals surface area contributed by atoms with Gasteiger partial charge in [0.2, 0.25) is 0 Å². The molecule has 0 aliphatic rings. The standard InChI is InChI=1S/C28H26N4O5S/c1-2-3-16-32(21-11-5-4-6-12-21)38(35,36)22-13-9-10-20(17-22)28(34)37-19-26(33)23(18-29)27-30-24-14-7-8-15-25(24)31-27/h4-15,17,33H,2-3,16,19H2,1H3,(H,30,31). The topological polar surface area (TPSA) is 136 Å². The summed E-state index contributed by atoms with van der Waals surface area (Å²) in [6.07, 6.45) is 1.47.